The zero-order valence-corrected chi connectivity index (χ0v) is 19.4. The molecule has 2 aromatic carbocycles. The summed E-state index contributed by atoms with van der Waals surface area (Å²) in [4.78, 5) is 29.2. The number of anilines is 1. The topological polar surface area (TPSA) is 84.1 Å². The maximum absolute atomic E-state index is 13.3. The fourth-order valence-electron chi connectivity index (χ4n) is 3.05. The molecular weight excluding hydrogens is 421 g/mol. The molecule has 0 aliphatic heterocycles. The van der Waals surface area contributed by atoms with Gasteiger partial charge in [0.05, 0.1) is 18.1 Å². The normalized spacial score (nSPS) is 9.76. The molecule has 0 bridgehead atoms. The number of fused-ring (bicyclic) bond motifs is 1. The number of aryl methyl sites for hydroxylation is 1. The molecule has 33 heavy (non-hydrogen) atoms. The van der Waals surface area contributed by atoms with E-state index in [1.165, 1.54) is 12.5 Å². The number of halogens is 1. The molecule has 2 heterocycles. The molecule has 1 amide bonds. The van der Waals surface area contributed by atoms with Crippen molar-refractivity contribution in [2.45, 2.75) is 27.7 Å². The second-order valence-electron chi connectivity index (χ2n) is 6.82. The monoisotopic (exact) mass is 449 g/mol. The standard InChI is InChI=1S/C16H12FN3O2.C8H10O.C2H6/c1-9(21)19-11-6-4-10(5-7-11)13-14-12(3-2-8-18-14)20-15(13)16(17)22;1-7-3-5-8(9-2)6-4-7;1-2/h2-8,20H,1H3,(H,19,21);3-6H,1-2H3;1-2H3. The Morgan fingerprint density at radius 2 is 1.64 bits per heavy atom. The number of amides is 1. The van der Waals surface area contributed by atoms with E-state index in [1.54, 1.807) is 49.7 Å². The van der Waals surface area contributed by atoms with Crippen LogP contribution in [-0.2, 0) is 4.79 Å². The average Bonchev–Trinajstić information content (AvgIpc) is 3.22. The number of methoxy groups -OCH3 is 1. The maximum Gasteiger partial charge on any atom is 0.348 e. The number of nitrogens with zero attached hydrogens (tertiary/aromatic N) is 1. The van der Waals surface area contributed by atoms with E-state index in [9.17, 15) is 14.0 Å². The van der Waals surface area contributed by atoms with Crippen LogP contribution in [0.2, 0.25) is 0 Å². The predicted molar refractivity (Wildman–Crippen MR) is 130 cm³/mol. The molecule has 2 N–H and O–H groups in total. The summed E-state index contributed by atoms with van der Waals surface area (Å²) in [6, 6.07) is 16.6. The lowest BCUT2D eigenvalue weighted by Crippen LogP contribution is -2.05. The zero-order chi connectivity index (χ0) is 24.4. The van der Waals surface area contributed by atoms with Gasteiger partial charge in [-0.1, -0.05) is 43.7 Å². The highest BCUT2D eigenvalue weighted by Crippen LogP contribution is 2.32. The Bertz CT molecular complexity index is 1200. The number of carbonyl (C=O) groups is 2. The Morgan fingerprint density at radius 1 is 1.00 bits per heavy atom. The summed E-state index contributed by atoms with van der Waals surface area (Å²) < 4.78 is 18.3. The highest BCUT2D eigenvalue weighted by Gasteiger charge is 2.19. The van der Waals surface area contributed by atoms with Gasteiger partial charge in [-0.05, 0) is 48.9 Å². The predicted octanol–water partition coefficient (Wildman–Crippen LogP) is 6.33. The van der Waals surface area contributed by atoms with Crippen molar-refractivity contribution < 1.29 is 18.7 Å². The highest BCUT2D eigenvalue weighted by molar-refractivity contribution is 6.06. The summed E-state index contributed by atoms with van der Waals surface area (Å²) in [5, 5.41) is 2.65. The van der Waals surface area contributed by atoms with Crippen molar-refractivity contribution in [2.75, 3.05) is 12.4 Å². The van der Waals surface area contributed by atoms with Gasteiger partial charge in [-0.2, -0.15) is 4.39 Å². The maximum atomic E-state index is 13.3. The first-order valence-corrected chi connectivity index (χ1v) is 10.5. The van der Waals surface area contributed by atoms with Gasteiger partial charge in [0.1, 0.15) is 11.4 Å². The first-order chi connectivity index (χ1) is 15.9. The smallest absolute Gasteiger partial charge is 0.348 e. The third-order valence-corrected chi connectivity index (χ3v) is 4.50. The van der Waals surface area contributed by atoms with Crippen LogP contribution >= 0.6 is 0 Å². The van der Waals surface area contributed by atoms with Gasteiger partial charge in [0.2, 0.25) is 5.91 Å². The van der Waals surface area contributed by atoms with Gasteiger partial charge in [-0.15, -0.1) is 0 Å². The van der Waals surface area contributed by atoms with Crippen molar-refractivity contribution in [1.82, 2.24) is 9.97 Å². The number of hydrogen-bond acceptors (Lipinski definition) is 4. The second-order valence-corrected chi connectivity index (χ2v) is 6.82. The lowest BCUT2D eigenvalue weighted by Gasteiger charge is -2.05. The molecule has 0 unspecified atom stereocenters. The highest BCUT2D eigenvalue weighted by atomic mass is 19.1. The molecule has 0 atom stereocenters. The van der Waals surface area contributed by atoms with Crippen LogP contribution in [0.25, 0.3) is 22.2 Å². The Balaban J connectivity index is 0.000000293. The van der Waals surface area contributed by atoms with Crippen LogP contribution in [0.3, 0.4) is 0 Å². The van der Waals surface area contributed by atoms with E-state index in [4.69, 9.17) is 4.74 Å². The molecule has 0 saturated carbocycles. The molecule has 0 radical (unpaired) electrons. The van der Waals surface area contributed by atoms with Gasteiger partial charge < -0.3 is 15.0 Å². The quantitative estimate of drug-likeness (QED) is 0.357. The van der Waals surface area contributed by atoms with Crippen LogP contribution in [0.1, 0.15) is 36.8 Å². The minimum Gasteiger partial charge on any atom is -0.497 e. The number of aromatic nitrogens is 2. The van der Waals surface area contributed by atoms with Gasteiger partial charge >= 0.3 is 6.04 Å². The van der Waals surface area contributed by atoms with Crippen LogP contribution in [-0.4, -0.2) is 29.0 Å². The van der Waals surface area contributed by atoms with Gasteiger partial charge in [0, 0.05) is 24.4 Å². The molecular formula is C26H28FN3O3. The van der Waals surface area contributed by atoms with Crippen molar-refractivity contribution in [1.29, 1.82) is 0 Å². The van der Waals surface area contributed by atoms with Crippen LogP contribution in [0, 0.1) is 6.92 Å². The summed E-state index contributed by atoms with van der Waals surface area (Å²) in [5.41, 5.74) is 3.92. The first-order valence-electron chi connectivity index (χ1n) is 10.5. The number of rotatable bonds is 4. The Labute approximate surface area is 192 Å². The molecule has 172 valence electrons. The Hall–Kier alpha value is -4.00. The number of nitrogens with one attached hydrogen (secondary N) is 2. The van der Waals surface area contributed by atoms with E-state index < -0.39 is 6.04 Å². The molecule has 0 saturated heterocycles. The fourth-order valence-corrected chi connectivity index (χ4v) is 3.05. The second kappa shape index (κ2) is 12.1. The van der Waals surface area contributed by atoms with Gasteiger partial charge in [-0.3, -0.25) is 14.6 Å². The minimum absolute atomic E-state index is 0.124. The zero-order valence-electron chi connectivity index (χ0n) is 19.4. The van der Waals surface area contributed by atoms with E-state index in [2.05, 4.69) is 22.2 Å². The molecule has 0 fully saturated rings. The molecule has 0 aliphatic rings. The largest absolute Gasteiger partial charge is 0.497 e. The van der Waals surface area contributed by atoms with Crippen molar-refractivity contribution in [2.24, 2.45) is 0 Å². The van der Waals surface area contributed by atoms with Gasteiger partial charge in [0.25, 0.3) is 0 Å². The fraction of sp³-hybridized carbons (Fsp3) is 0.192. The number of ether oxygens (including phenoxy) is 1. The molecule has 0 aliphatic carbocycles. The molecule has 4 aromatic rings. The molecule has 4 rings (SSSR count). The summed E-state index contributed by atoms with van der Waals surface area (Å²) in [6.07, 6.45) is 1.58. The number of H-pyrrole nitrogens is 1. The van der Waals surface area contributed by atoms with E-state index in [-0.39, 0.29) is 11.6 Å². The van der Waals surface area contributed by atoms with Crippen LogP contribution < -0.4 is 10.1 Å². The van der Waals surface area contributed by atoms with E-state index in [0.717, 1.165) is 5.75 Å². The summed E-state index contributed by atoms with van der Waals surface area (Å²) >= 11 is 0. The minimum atomic E-state index is -1.54. The molecule has 0 spiro atoms. The first kappa shape index (κ1) is 25.3. The number of benzene rings is 2. The SMILES string of the molecule is CC.CC(=O)Nc1ccc(-c2c(C(=O)F)[nH]c3cccnc23)cc1.COc1ccc(C)cc1. The number of hydrogen-bond donors (Lipinski definition) is 2. The van der Waals surface area contributed by atoms with Crippen LogP contribution in [0.5, 0.6) is 5.75 Å². The Morgan fingerprint density at radius 3 is 2.18 bits per heavy atom. The van der Waals surface area contributed by atoms with Crippen molar-refractivity contribution in [3.05, 3.63) is 78.1 Å². The molecule has 7 heteroatoms. The number of pyridine rings is 1. The average molecular weight is 450 g/mol. The lowest BCUT2D eigenvalue weighted by molar-refractivity contribution is -0.114. The van der Waals surface area contributed by atoms with Crippen molar-refractivity contribution >= 4 is 28.7 Å². The van der Waals surface area contributed by atoms with E-state index in [1.807, 2.05) is 38.1 Å². The van der Waals surface area contributed by atoms with Crippen LogP contribution in [0.4, 0.5) is 10.1 Å². The van der Waals surface area contributed by atoms with Crippen molar-refractivity contribution in [3.8, 4) is 16.9 Å². The third kappa shape index (κ3) is 6.74. The van der Waals surface area contributed by atoms with Crippen molar-refractivity contribution in [3.63, 3.8) is 0 Å². The Kier molecular flexibility index (Phi) is 9.30. The molecule has 6 nitrogen and oxygen atoms in total. The van der Waals surface area contributed by atoms with E-state index >= 15 is 0 Å². The summed E-state index contributed by atoms with van der Waals surface area (Å²) in [5.74, 6) is 0.738. The van der Waals surface area contributed by atoms with Gasteiger partial charge in [-0.25, -0.2) is 0 Å². The summed E-state index contributed by atoms with van der Waals surface area (Å²) in [6.45, 7) is 7.47. The van der Waals surface area contributed by atoms with E-state index in [0.29, 0.717) is 27.8 Å². The summed E-state index contributed by atoms with van der Waals surface area (Å²) in [7, 11) is 1.67. The number of aromatic amines is 1. The number of carbonyl (C=O) groups excluding carboxylic acids is 2. The lowest BCUT2D eigenvalue weighted by atomic mass is 10.0. The molecule has 2 aromatic heterocycles. The van der Waals surface area contributed by atoms with Crippen LogP contribution in [0.15, 0.2) is 66.9 Å². The third-order valence-electron chi connectivity index (χ3n) is 4.50. The van der Waals surface area contributed by atoms with Gasteiger partial charge in [0.15, 0.2) is 0 Å².